The molecule has 20 heavy (non-hydrogen) atoms. The molecule has 0 saturated carbocycles. The van der Waals surface area contributed by atoms with Gasteiger partial charge in [-0.15, -0.1) is 0 Å². The zero-order chi connectivity index (χ0) is 15.7. The summed E-state index contributed by atoms with van der Waals surface area (Å²) in [7, 11) is 0. The number of rotatable bonds is 8. The fourth-order valence-corrected chi connectivity index (χ4v) is 1.37. The van der Waals surface area contributed by atoms with Gasteiger partial charge in [0.05, 0.1) is 6.04 Å². The number of amides is 3. The molecule has 0 unspecified atom stereocenters. The molecule has 0 aliphatic carbocycles. The van der Waals surface area contributed by atoms with Crippen LogP contribution in [-0.2, 0) is 19.2 Å². The fourth-order valence-electron chi connectivity index (χ4n) is 1.21. The third-order valence-electron chi connectivity index (χ3n) is 2.47. The molecule has 0 aromatic carbocycles. The van der Waals surface area contributed by atoms with Gasteiger partial charge in [-0.25, -0.2) is 0 Å². The lowest BCUT2D eigenvalue weighted by molar-refractivity contribution is -0.129. The van der Waals surface area contributed by atoms with E-state index in [1.807, 2.05) is 0 Å². The molecule has 0 bridgehead atoms. The standard InChI is InChI=1S/C12H20IN3O4/c1-4-9(17)14-6-5-10(18)15-8(3)12(20)16-7(2)11(13)19/h7-8H,4-6H2,1-3H3,(H,14,17)(H,15,18)(H,16,20)/t7-,8-/m0/s1. The first-order chi connectivity index (χ1) is 9.27. The minimum atomic E-state index is -0.734. The van der Waals surface area contributed by atoms with Gasteiger partial charge in [0.15, 0.2) is 0 Å². The Kier molecular flexibility index (Phi) is 9.10. The Hall–Kier alpha value is -1.19. The van der Waals surface area contributed by atoms with Crippen LogP contribution < -0.4 is 16.0 Å². The van der Waals surface area contributed by atoms with E-state index in [-0.39, 0.29) is 28.6 Å². The quantitative estimate of drug-likeness (QED) is 0.392. The van der Waals surface area contributed by atoms with Gasteiger partial charge in [0.2, 0.25) is 21.5 Å². The Bertz CT molecular complexity index is 387. The molecule has 8 heteroatoms. The van der Waals surface area contributed by atoms with E-state index in [0.717, 1.165) is 0 Å². The Labute approximate surface area is 131 Å². The predicted octanol–water partition coefficient (Wildman–Crippen LogP) is -0.126. The molecule has 3 N–H and O–H groups in total. The van der Waals surface area contributed by atoms with Gasteiger partial charge >= 0.3 is 0 Å². The largest absolute Gasteiger partial charge is 0.356 e. The van der Waals surface area contributed by atoms with Crippen molar-refractivity contribution in [1.29, 1.82) is 0 Å². The summed E-state index contributed by atoms with van der Waals surface area (Å²) in [5.74, 6) is -0.885. The normalized spacial score (nSPS) is 13.0. The molecule has 0 spiro atoms. The lowest BCUT2D eigenvalue weighted by atomic mass is 10.2. The van der Waals surface area contributed by atoms with Crippen molar-refractivity contribution in [3.63, 3.8) is 0 Å². The van der Waals surface area contributed by atoms with E-state index < -0.39 is 18.0 Å². The second-order valence-corrected chi connectivity index (χ2v) is 5.34. The molecule has 0 aromatic rings. The molecule has 3 amide bonds. The van der Waals surface area contributed by atoms with Crippen molar-refractivity contribution in [1.82, 2.24) is 16.0 Å². The van der Waals surface area contributed by atoms with E-state index >= 15 is 0 Å². The number of nitrogens with one attached hydrogen (secondary N) is 3. The summed E-state index contributed by atoms with van der Waals surface area (Å²) in [5.41, 5.74) is 0. The van der Waals surface area contributed by atoms with Crippen molar-refractivity contribution in [3.05, 3.63) is 0 Å². The van der Waals surface area contributed by atoms with Crippen molar-refractivity contribution >= 4 is 44.1 Å². The molecule has 0 aromatic heterocycles. The van der Waals surface area contributed by atoms with Crippen LogP contribution in [0.5, 0.6) is 0 Å². The topological polar surface area (TPSA) is 104 Å². The van der Waals surface area contributed by atoms with Crippen LogP contribution >= 0.6 is 22.6 Å². The summed E-state index contributed by atoms with van der Waals surface area (Å²) >= 11 is 1.60. The van der Waals surface area contributed by atoms with Crippen molar-refractivity contribution in [2.24, 2.45) is 0 Å². The molecule has 0 fully saturated rings. The van der Waals surface area contributed by atoms with Crippen molar-refractivity contribution < 1.29 is 19.2 Å². The van der Waals surface area contributed by atoms with Crippen molar-refractivity contribution in [2.45, 2.75) is 45.7 Å². The maximum Gasteiger partial charge on any atom is 0.242 e. The van der Waals surface area contributed by atoms with Crippen LogP contribution in [0, 0.1) is 0 Å². The van der Waals surface area contributed by atoms with Gasteiger partial charge in [0, 0.05) is 42.0 Å². The van der Waals surface area contributed by atoms with E-state index in [9.17, 15) is 19.2 Å². The Morgan fingerprint density at radius 1 is 1.00 bits per heavy atom. The van der Waals surface area contributed by atoms with Gasteiger partial charge in [0.1, 0.15) is 6.04 Å². The van der Waals surface area contributed by atoms with Gasteiger partial charge in [-0.2, -0.15) is 0 Å². The van der Waals surface area contributed by atoms with Gasteiger partial charge in [0.25, 0.3) is 0 Å². The second kappa shape index (κ2) is 9.67. The summed E-state index contributed by atoms with van der Waals surface area (Å²) in [6, 6.07) is -1.33. The molecular weight excluding hydrogens is 377 g/mol. The molecule has 0 radical (unpaired) electrons. The number of halogens is 1. The number of hydrogen-bond acceptors (Lipinski definition) is 4. The summed E-state index contributed by atoms with van der Waals surface area (Å²) in [6.07, 6.45) is 0.465. The molecule has 0 heterocycles. The van der Waals surface area contributed by atoms with Crippen molar-refractivity contribution in [3.8, 4) is 0 Å². The third-order valence-corrected chi connectivity index (χ3v) is 3.40. The second-order valence-electron chi connectivity index (χ2n) is 4.28. The van der Waals surface area contributed by atoms with E-state index in [0.29, 0.717) is 6.42 Å². The van der Waals surface area contributed by atoms with Crippen LogP contribution in [0.3, 0.4) is 0 Å². The predicted molar refractivity (Wildman–Crippen MR) is 82.2 cm³/mol. The molecule has 0 aliphatic heterocycles. The van der Waals surface area contributed by atoms with Gasteiger partial charge in [-0.1, -0.05) is 6.92 Å². The van der Waals surface area contributed by atoms with E-state index in [4.69, 9.17) is 0 Å². The minimum absolute atomic E-state index is 0.101. The van der Waals surface area contributed by atoms with Crippen LogP contribution in [-0.4, -0.2) is 40.1 Å². The third kappa shape index (κ3) is 8.08. The van der Waals surface area contributed by atoms with Gasteiger partial charge in [-0.05, 0) is 13.8 Å². The Morgan fingerprint density at radius 2 is 1.60 bits per heavy atom. The van der Waals surface area contributed by atoms with E-state index in [1.54, 1.807) is 36.4 Å². The van der Waals surface area contributed by atoms with Crippen LogP contribution in [0.25, 0.3) is 0 Å². The first-order valence-electron chi connectivity index (χ1n) is 6.33. The van der Waals surface area contributed by atoms with Crippen LogP contribution in [0.15, 0.2) is 0 Å². The lowest BCUT2D eigenvalue weighted by Crippen LogP contribution is -2.49. The summed E-state index contributed by atoms with van der Waals surface area (Å²) in [5, 5.41) is 7.55. The van der Waals surface area contributed by atoms with Crippen molar-refractivity contribution in [2.75, 3.05) is 6.54 Å². The zero-order valence-corrected chi connectivity index (χ0v) is 13.9. The average Bonchev–Trinajstić information content (AvgIpc) is 2.37. The molecule has 0 aliphatic rings. The monoisotopic (exact) mass is 397 g/mol. The molecule has 7 nitrogen and oxygen atoms in total. The Balaban J connectivity index is 4.03. The fraction of sp³-hybridized carbons (Fsp3) is 0.667. The number of carbonyl (C=O) groups excluding carboxylic acids is 4. The highest BCUT2D eigenvalue weighted by atomic mass is 127. The highest BCUT2D eigenvalue weighted by Crippen LogP contribution is 1.95. The molecular formula is C12H20IN3O4. The zero-order valence-electron chi connectivity index (χ0n) is 11.8. The van der Waals surface area contributed by atoms with Crippen LogP contribution in [0.4, 0.5) is 0 Å². The summed E-state index contributed by atoms with van der Waals surface area (Å²) in [6.45, 7) is 5.05. The highest BCUT2D eigenvalue weighted by Gasteiger charge is 2.19. The molecule has 114 valence electrons. The molecule has 0 saturated heterocycles. The average molecular weight is 397 g/mol. The van der Waals surface area contributed by atoms with Gasteiger partial charge in [-0.3, -0.25) is 19.2 Å². The minimum Gasteiger partial charge on any atom is -0.356 e. The van der Waals surface area contributed by atoms with Crippen LogP contribution in [0.2, 0.25) is 0 Å². The summed E-state index contributed by atoms with van der Waals surface area (Å²) in [4.78, 5) is 45.2. The SMILES string of the molecule is CCC(=O)NCCC(=O)N[C@@H](C)C(=O)N[C@@H](C)C(=O)I. The maximum absolute atomic E-state index is 11.7. The number of carbonyl (C=O) groups is 4. The van der Waals surface area contributed by atoms with E-state index in [2.05, 4.69) is 16.0 Å². The van der Waals surface area contributed by atoms with E-state index in [1.165, 1.54) is 6.92 Å². The first-order valence-corrected chi connectivity index (χ1v) is 7.41. The molecule has 0 rings (SSSR count). The van der Waals surface area contributed by atoms with Gasteiger partial charge < -0.3 is 16.0 Å². The first kappa shape index (κ1) is 18.8. The van der Waals surface area contributed by atoms with Crippen LogP contribution in [0.1, 0.15) is 33.6 Å². The maximum atomic E-state index is 11.7. The highest BCUT2D eigenvalue weighted by molar-refractivity contribution is 14.1. The molecule has 2 atom stereocenters. The smallest absolute Gasteiger partial charge is 0.242 e. The Morgan fingerprint density at radius 3 is 2.10 bits per heavy atom. The summed E-state index contributed by atoms with van der Waals surface area (Å²) < 4.78 is -0.184. The number of hydrogen-bond donors (Lipinski definition) is 3. The lowest BCUT2D eigenvalue weighted by Gasteiger charge is -2.16.